The van der Waals surface area contributed by atoms with Gasteiger partial charge < -0.3 is 9.84 Å². The Balaban J connectivity index is 2.38. The number of rotatable bonds is 4. The lowest BCUT2D eigenvalue weighted by Gasteiger charge is -2.23. The average Bonchev–Trinajstić information content (AvgIpc) is 2.48. The Hall–Kier alpha value is -1.78. The molecule has 0 aliphatic carbocycles. The van der Waals surface area contributed by atoms with Crippen LogP contribution in [0.4, 0.5) is 0 Å². The fourth-order valence-corrected chi connectivity index (χ4v) is 2.57. The molecule has 21 heavy (non-hydrogen) atoms. The van der Waals surface area contributed by atoms with Crippen molar-refractivity contribution in [2.45, 2.75) is 24.3 Å². The number of ether oxygens (including phenoxy) is 1. The zero-order valence-electron chi connectivity index (χ0n) is 12.0. The van der Waals surface area contributed by atoms with Gasteiger partial charge in [-0.3, -0.25) is 0 Å². The van der Waals surface area contributed by atoms with Gasteiger partial charge in [0.1, 0.15) is 0 Å². The van der Waals surface area contributed by atoms with E-state index in [0.717, 1.165) is 11.1 Å². The molecular formula is C17H18O3S. The monoisotopic (exact) mass is 302 g/mol. The molecule has 0 amide bonds. The molecule has 1 unspecified atom stereocenters. The van der Waals surface area contributed by atoms with Crippen LogP contribution in [0.1, 0.15) is 19.4 Å². The lowest BCUT2D eigenvalue weighted by molar-refractivity contribution is -0.164. The van der Waals surface area contributed by atoms with Crippen LogP contribution in [-0.2, 0) is 15.1 Å². The Morgan fingerprint density at radius 1 is 1.19 bits per heavy atom. The first kappa shape index (κ1) is 15.6. The number of benzene rings is 2. The number of hydrogen-bond acceptors (Lipinski definition) is 4. The summed E-state index contributed by atoms with van der Waals surface area (Å²) in [5.74, 6) is -0.673. The maximum Gasteiger partial charge on any atom is 0.342 e. The van der Waals surface area contributed by atoms with E-state index in [1.165, 1.54) is 6.92 Å². The Kier molecular flexibility index (Phi) is 4.70. The molecule has 2 rings (SSSR count). The number of carbonyl (C=O) groups is 1. The van der Waals surface area contributed by atoms with E-state index in [-0.39, 0.29) is 6.61 Å². The minimum absolute atomic E-state index is 0.221. The second-order valence-electron chi connectivity index (χ2n) is 4.89. The molecule has 0 saturated carbocycles. The SMILES string of the molecule is CCOC(=O)C(C)(O)c1ccc(-c2ccccc2)cc1S. The smallest absolute Gasteiger partial charge is 0.342 e. The van der Waals surface area contributed by atoms with Crippen molar-refractivity contribution in [2.24, 2.45) is 0 Å². The molecule has 0 aromatic heterocycles. The predicted octanol–water partition coefficient (Wildman–Crippen LogP) is 3.41. The van der Waals surface area contributed by atoms with Gasteiger partial charge in [-0.05, 0) is 31.0 Å². The highest BCUT2D eigenvalue weighted by Gasteiger charge is 2.35. The molecule has 0 aliphatic rings. The Morgan fingerprint density at radius 3 is 2.43 bits per heavy atom. The highest BCUT2D eigenvalue weighted by molar-refractivity contribution is 7.80. The Labute approximate surface area is 130 Å². The molecule has 0 spiro atoms. The van der Waals surface area contributed by atoms with E-state index >= 15 is 0 Å². The van der Waals surface area contributed by atoms with Gasteiger partial charge in [0.15, 0.2) is 5.60 Å². The number of thiol groups is 1. The van der Waals surface area contributed by atoms with Crippen LogP contribution in [0.3, 0.4) is 0 Å². The second kappa shape index (κ2) is 6.33. The fourth-order valence-electron chi connectivity index (χ4n) is 2.14. The van der Waals surface area contributed by atoms with Crippen LogP contribution in [0.2, 0.25) is 0 Å². The molecule has 0 radical (unpaired) electrons. The summed E-state index contributed by atoms with van der Waals surface area (Å²) in [5, 5.41) is 10.4. The molecule has 0 fully saturated rings. The van der Waals surface area contributed by atoms with E-state index in [9.17, 15) is 9.90 Å². The van der Waals surface area contributed by atoms with E-state index in [1.54, 1.807) is 13.0 Å². The summed E-state index contributed by atoms with van der Waals surface area (Å²) in [4.78, 5) is 12.4. The lowest BCUT2D eigenvalue weighted by atomic mass is 9.93. The second-order valence-corrected chi connectivity index (χ2v) is 5.37. The van der Waals surface area contributed by atoms with Gasteiger partial charge in [-0.2, -0.15) is 0 Å². The van der Waals surface area contributed by atoms with Crippen molar-refractivity contribution in [2.75, 3.05) is 6.61 Å². The minimum Gasteiger partial charge on any atom is -0.464 e. The maximum absolute atomic E-state index is 11.9. The van der Waals surface area contributed by atoms with Gasteiger partial charge in [-0.1, -0.05) is 42.5 Å². The minimum atomic E-state index is -1.71. The molecule has 0 heterocycles. The molecule has 0 bridgehead atoms. The molecule has 2 aromatic carbocycles. The van der Waals surface area contributed by atoms with Crippen LogP contribution in [-0.4, -0.2) is 17.7 Å². The Bertz CT molecular complexity index is 636. The summed E-state index contributed by atoms with van der Waals surface area (Å²) in [6.45, 7) is 3.34. The van der Waals surface area contributed by atoms with Crippen molar-refractivity contribution >= 4 is 18.6 Å². The molecule has 4 heteroatoms. The molecule has 1 atom stereocenters. The lowest BCUT2D eigenvalue weighted by Crippen LogP contribution is -2.34. The quantitative estimate of drug-likeness (QED) is 0.672. The average molecular weight is 302 g/mol. The largest absolute Gasteiger partial charge is 0.464 e. The van der Waals surface area contributed by atoms with Crippen LogP contribution in [0.25, 0.3) is 11.1 Å². The third kappa shape index (κ3) is 3.28. The summed E-state index contributed by atoms with van der Waals surface area (Å²) in [6, 6.07) is 15.2. The van der Waals surface area contributed by atoms with Crippen LogP contribution in [0, 0.1) is 0 Å². The molecule has 0 aliphatic heterocycles. The van der Waals surface area contributed by atoms with Crippen molar-refractivity contribution in [1.82, 2.24) is 0 Å². The van der Waals surface area contributed by atoms with Crippen LogP contribution in [0.15, 0.2) is 53.4 Å². The van der Waals surface area contributed by atoms with Crippen LogP contribution in [0.5, 0.6) is 0 Å². The molecule has 0 saturated heterocycles. The van der Waals surface area contributed by atoms with Crippen LogP contribution < -0.4 is 0 Å². The van der Waals surface area contributed by atoms with Crippen molar-refractivity contribution < 1.29 is 14.6 Å². The highest BCUT2D eigenvalue weighted by atomic mass is 32.1. The van der Waals surface area contributed by atoms with Crippen molar-refractivity contribution in [1.29, 1.82) is 0 Å². The summed E-state index contributed by atoms with van der Waals surface area (Å²) >= 11 is 4.41. The zero-order valence-corrected chi connectivity index (χ0v) is 12.9. The topological polar surface area (TPSA) is 46.5 Å². The summed E-state index contributed by atoms with van der Waals surface area (Å²) in [7, 11) is 0. The maximum atomic E-state index is 11.9. The van der Waals surface area contributed by atoms with Crippen molar-refractivity contribution in [3.63, 3.8) is 0 Å². The van der Waals surface area contributed by atoms with Crippen LogP contribution >= 0.6 is 12.6 Å². The van der Waals surface area contributed by atoms with Crippen molar-refractivity contribution in [3.8, 4) is 11.1 Å². The van der Waals surface area contributed by atoms with Gasteiger partial charge in [-0.15, -0.1) is 12.6 Å². The van der Waals surface area contributed by atoms with E-state index in [1.807, 2.05) is 42.5 Å². The predicted molar refractivity (Wildman–Crippen MR) is 85.3 cm³/mol. The van der Waals surface area contributed by atoms with E-state index < -0.39 is 11.6 Å². The van der Waals surface area contributed by atoms with Crippen molar-refractivity contribution in [3.05, 3.63) is 54.1 Å². The standard InChI is InChI=1S/C17H18O3S/c1-3-20-16(18)17(2,19)14-10-9-13(11-15(14)21)12-7-5-4-6-8-12/h4-11,19,21H,3H2,1-2H3. The first-order chi connectivity index (χ1) is 9.96. The van der Waals surface area contributed by atoms with Gasteiger partial charge in [0, 0.05) is 10.5 Å². The van der Waals surface area contributed by atoms with E-state index in [4.69, 9.17) is 4.74 Å². The Morgan fingerprint density at radius 2 is 1.86 bits per heavy atom. The van der Waals surface area contributed by atoms with Gasteiger partial charge in [-0.25, -0.2) is 4.79 Å². The van der Waals surface area contributed by atoms with Gasteiger partial charge >= 0.3 is 5.97 Å². The highest BCUT2D eigenvalue weighted by Crippen LogP contribution is 2.31. The molecule has 1 N–H and O–H groups in total. The number of aliphatic hydroxyl groups is 1. The third-order valence-electron chi connectivity index (χ3n) is 3.30. The summed E-state index contributed by atoms with van der Waals surface area (Å²) in [5.41, 5.74) is 0.755. The first-order valence-electron chi connectivity index (χ1n) is 6.75. The van der Waals surface area contributed by atoms with E-state index in [2.05, 4.69) is 12.6 Å². The number of carbonyl (C=O) groups excluding carboxylic acids is 1. The number of hydrogen-bond donors (Lipinski definition) is 2. The van der Waals surface area contributed by atoms with Gasteiger partial charge in [0.05, 0.1) is 6.61 Å². The summed E-state index contributed by atoms with van der Waals surface area (Å²) < 4.78 is 4.91. The van der Waals surface area contributed by atoms with E-state index in [0.29, 0.717) is 10.5 Å². The molecule has 3 nitrogen and oxygen atoms in total. The molecule has 2 aromatic rings. The molecule has 110 valence electrons. The first-order valence-corrected chi connectivity index (χ1v) is 7.20. The summed E-state index contributed by atoms with van der Waals surface area (Å²) in [6.07, 6.45) is 0. The third-order valence-corrected chi connectivity index (χ3v) is 3.67. The zero-order chi connectivity index (χ0) is 15.5. The van der Waals surface area contributed by atoms with Gasteiger partial charge in [0.25, 0.3) is 0 Å². The normalized spacial score (nSPS) is 13.5. The molecular weight excluding hydrogens is 284 g/mol. The number of esters is 1. The fraction of sp³-hybridized carbons (Fsp3) is 0.235. The van der Waals surface area contributed by atoms with Gasteiger partial charge in [0.2, 0.25) is 0 Å².